The van der Waals surface area contributed by atoms with Gasteiger partial charge in [0.05, 0.1) is 17.9 Å². The van der Waals surface area contributed by atoms with Crippen molar-refractivity contribution < 1.29 is 0 Å². The van der Waals surface area contributed by atoms with E-state index < -0.39 is 0 Å². The van der Waals surface area contributed by atoms with Gasteiger partial charge in [-0.1, -0.05) is 35.9 Å². The van der Waals surface area contributed by atoms with E-state index in [1.807, 2.05) is 20.0 Å². The Kier molecular flexibility index (Phi) is 4.56. The van der Waals surface area contributed by atoms with Gasteiger partial charge >= 0.3 is 0 Å². The van der Waals surface area contributed by atoms with Crippen LogP contribution in [0.4, 0.5) is 0 Å². The van der Waals surface area contributed by atoms with Crippen LogP contribution in [0.25, 0.3) is 0 Å². The predicted molar refractivity (Wildman–Crippen MR) is 77.3 cm³/mol. The molecule has 1 aromatic heterocycles. The third-order valence-electron chi connectivity index (χ3n) is 3.11. The zero-order valence-corrected chi connectivity index (χ0v) is 12.3. The van der Waals surface area contributed by atoms with E-state index >= 15 is 0 Å². The lowest BCUT2D eigenvalue weighted by Crippen LogP contribution is -2.25. The molecule has 102 valence electrons. The molecule has 19 heavy (non-hydrogen) atoms. The minimum absolute atomic E-state index is 0.0213. The lowest BCUT2D eigenvalue weighted by Gasteiger charge is -2.20. The third-order valence-corrected chi connectivity index (χ3v) is 3.44. The van der Waals surface area contributed by atoms with Crippen molar-refractivity contribution in [2.45, 2.75) is 26.3 Å². The Balaban J connectivity index is 2.40. The molecule has 0 aliphatic rings. The summed E-state index contributed by atoms with van der Waals surface area (Å²) in [6.45, 7) is 5.10. The normalized spacial score (nSPS) is 12.6. The Morgan fingerprint density at radius 1 is 1.42 bits per heavy atom. The van der Waals surface area contributed by atoms with Crippen LogP contribution in [-0.2, 0) is 7.05 Å². The van der Waals surface area contributed by atoms with Crippen LogP contribution in [0.2, 0.25) is 5.02 Å². The molecule has 1 atom stereocenters. The molecule has 0 saturated carbocycles. The second-order valence-corrected chi connectivity index (χ2v) is 5.10. The van der Waals surface area contributed by atoms with Crippen LogP contribution in [0, 0.1) is 6.92 Å². The summed E-state index contributed by atoms with van der Waals surface area (Å²) in [4.78, 5) is 0. The second kappa shape index (κ2) is 6.17. The van der Waals surface area contributed by atoms with Crippen molar-refractivity contribution >= 4 is 11.6 Å². The lowest BCUT2D eigenvalue weighted by molar-refractivity contribution is 0.550. The van der Waals surface area contributed by atoms with Crippen LogP contribution in [0.5, 0.6) is 0 Å². The van der Waals surface area contributed by atoms with Crippen LogP contribution in [0.15, 0.2) is 24.4 Å². The summed E-state index contributed by atoms with van der Waals surface area (Å²) in [5, 5.41) is 12.2. The predicted octanol–water partition coefficient (Wildman–Crippen LogP) is 2.87. The number of nitrogens with one attached hydrogen (secondary N) is 1. The largest absolute Gasteiger partial charge is 0.305 e. The molecular weight excluding hydrogens is 260 g/mol. The highest BCUT2D eigenvalue weighted by molar-refractivity contribution is 6.31. The van der Waals surface area contributed by atoms with E-state index in [1.54, 1.807) is 10.9 Å². The molecule has 2 rings (SSSR count). The first-order valence-corrected chi connectivity index (χ1v) is 6.85. The van der Waals surface area contributed by atoms with Crippen LogP contribution in [0.1, 0.15) is 36.2 Å². The SMILES string of the molecule is CCCNC(c1ccc(C)cc1Cl)c1cnnn1C. The number of halogens is 1. The molecule has 1 heterocycles. The van der Waals surface area contributed by atoms with Gasteiger partial charge in [0.15, 0.2) is 0 Å². The van der Waals surface area contributed by atoms with Crippen molar-refractivity contribution in [2.75, 3.05) is 6.54 Å². The van der Waals surface area contributed by atoms with Gasteiger partial charge in [-0.2, -0.15) is 0 Å². The van der Waals surface area contributed by atoms with Crippen molar-refractivity contribution in [3.8, 4) is 0 Å². The maximum absolute atomic E-state index is 6.38. The number of benzene rings is 1. The summed E-state index contributed by atoms with van der Waals surface area (Å²) in [7, 11) is 1.89. The van der Waals surface area contributed by atoms with Gasteiger partial charge in [0.25, 0.3) is 0 Å². The highest BCUT2D eigenvalue weighted by Gasteiger charge is 2.19. The number of hydrogen-bond donors (Lipinski definition) is 1. The fourth-order valence-corrected chi connectivity index (χ4v) is 2.43. The van der Waals surface area contributed by atoms with Gasteiger partial charge in [0.2, 0.25) is 0 Å². The summed E-state index contributed by atoms with van der Waals surface area (Å²) in [6.07, 6.45) is 2.84. The van der Waals surface area contributed by atoms with Crippen LogP contribution >= 0.6 is 11.6 Å². The van der Waals surface area contributed by atoms with E-state index in [1.165, 1.54) is 0 Å². The van der Waals surface area contributed by atoms with Crippen LogP contribution < -0.4 is 5.32 Å². The van der Waals surface area contributed by atoms with Gasteiger partial charge < -0.3 is 5.32 Å². The highest BCUT2D eigenvalue weighted by Crippen LogP contribution is 2.28. The number of rotatable bonds is 5. The van der Waals surface area contributed by atoms with Gasteiger partial charge in [-0.25, -0.2) is 0 Å². The molecule has 0 radical (unpaired) electrons. The minimum Gasteiger partial charge on any atom is -0.305 e. The lowest BCUT2D eigenvalue weighted by atomic mass is 10.0. The first kappa shape index (κ1) is 14.0. The second-order valence-electron chi connectivity index (χ2n) is 4.69. The Morgan fingerprint density at radius 2 is 2.21 bits per heavy atom. The van der Waals surface area contributed by atoms with Crippen molar-refractivity contribution in [3.63, 3.8) is 0 Å². The topological polar surface area (TPSA) is 42.7 Å². The minimum atomic E-state index is 0.0213. The monoisotopic (exact) mass is 278 g/mol. The Morgan fingerprint density at radius 3 is 2.79 bits per heavy atom. The molecule has 0 fully saturated rings. The molecule has 0 saturated heterocycles. The molecule has 1 unspecified atom stereocenters. The fourth-order valence-electron chi connectivity index (χ4n) is 2.09. The Labute approximate surface area is 118 Å². The van der Waals surface area contributed by atoms with E-state index in [0.29, 0.717) is 0 Å². The van der Waals surface area contributed by atoms with E-state index in [2.05, 4.69) is 34.7 Å². The molecule has 1 aromatic carbocycles. The quantitative estimate of drug-likeness (QED) is 0.914. The molecule has 0 aliphatic heterocycles. The van der Waals surface area contributed by atoms with Gasteiger partial charge in [-0.05, 0) is 37.1 Å². The molecule has 0 aliphatic carbocycles. The average molecular weight is 279 g/mol. The smallest absolute Gasteiger partial charge is 0.0799 e. The number of aryl methyl sites for hydroxylation is 2. The van der Waals surface area contributed by atoms with Crippen LogP contribution in [-0.4, -0.2) is 21.5 Å². The number of nitrogens with zero attached hydrogens (tertiary/aromatic N) is 3. The number of hydrogen-bond acceptors (Lipinski definition) is 3. The standard InChI is InChI=1S/C14H19ClN4/c1-4-7-16-14(13-9-17-18-19(13)3)11-6-5-10(2)8-12(11)15/h5-6,8-9,14,16H,4,7H2,1-3H3. The van der Waals surface area contributed by atoms with Gasteiger partial charge in [-0.15, -0.1) is 5.10 Å². The maximum atomic E-state index is 6.38. The Hall–Kier alpha value is -1.39. The van der Waals surface area contributed by atoms with E-state index in [4.69, 9.17) is 11.6 Å². The van der Waals surface area contributed by atoms with E-state index in [9.17, 15) is 0 Å². The molecule has 0 spiro atoms. The van der Waals surface area contributed by atoms with Gasteiger partial charge in [-0.3, -0.25) is 4.68 Å². The van der Waals surface area contributed by atoms with Crippen molar-refractivity contribution in [1.82, 2.24) is 20.3 Å². The highest BCUT2D eigenvalue weighted by atomic mass is 35.5. The third kappa shape index (κ3) is 3.14. The van der Waals surface area contributed by atoms with Crippen molar-refractivity contribution in [3.05, 3.63) is 46.2 Å². The zero-order chi connectivity index (χ0) is 13.8. The number of aromatic nitrogens is 3. The van der Waals surface area contributed by atoms with E-state index in [-0.39, 0.29) is 6.04 Å². The zero-order valence-electron chi connectivity index (χ0n) is 11.5. The summed E-state index contributed by atoms with van der Waals surface area (Å²) in [5.74, 6) is 0. The molecule has 0 bridgehead atoms. The van der Waals surface area contributed by atoms with Gasteiger partial charge in [0.1, 0.15) is 0 Å². The maximum Gasteiger partial charge on any atom is 0.0799 e. The molecular formula is C14H19ClN4. The van der Waals surface area contributed by atoms with Gasteiger partial charge in [0, 0.05) is 12.1 Å². The molecule has 0 amide bonds. The summed E-state index contributed by atoms with van der Waals surface area (Å²) >= 11 is 6.38. The van der Waals surface area contributed by atoms with E-state index in [0.717, 1.165) is 34.8 Å². The average Bonchev–Trinajstić information content (AvgIpc) is 2.78. The molecule has 1 N–H and O–H groups in total. The molecule has 2 aromatic rings. The van der Waals surface area contributed by atoms with Crippen molar-refractivity contribution in [1.29, 1.82) is 0 Å². The summed E-state index contributed by atoms with van der Waals surface area (Å²) in [5.41, 5.74) is 3.23. The summed E-state index contributed by atoms with van der Waals surface area (Å²) < 4.78 is 1.78. The molecule has 5 heteroatoms. The first-order valence-electron chi connectivity index (χ1n) is 6.47. The van der Waals surface area contributed by atoms with Crippen molar-refractivity contribution in [2.24, 2.45) is 7.05 Å². The first-order chi connectivity index (χ1) is 9.13. The molecule has 4 nitrogen and oxygen atoms in total. The fraction of sp³-hybridized carbons (Fsp3) is 0.429. The Bertz CT molecular complexity index is 550. The summed E-state index contributed by atoms with van der Waals surface area (Å²) in [6, 6.07) is 6.15. The van der Waals surface area contributed by atoms with Crippen LogP contribution in [0.3, 0.4) is 0 Å².